The Kier molecular flexibility index (Phi) is 5.14. The average Bonchev–Trinajstić information content (AvgIpc) is 2.48. The number of carbonyl (C=O) groups excluding carboxylic acids is 1. The smallest absolute Gasteiger partial charge is 0.270 e. The van der Waals surface area contributed by atoms with E-state index in [4.69, 9.17) is 4.74 Å². The molecule has 1 aliphatic carbocycles. The predicted octanol–water partition coefficient (Wildman–Crippen LogP) is 3.06. The fraction of sp³-hybridized carbons (Fsp3) is 0.533. The molecule has 1 saturated carbocycles. The first-order valence-corrected chi connectivity index (χ1v) is 7.34. The molecular formula is C15H20N2O4. The summed E-state index contributed by atoms with van der Waals surface area (Å²) in [6.07, 6.45) is 5.35. The van der Waals surface area contributed by atoms with E-state index in [0.29, 0.717) is 12.4 Å². The highest BCUT2D eigenvalue weighted by Crippen LogP contribution is 2.25. The van der Waals surface area contributed by atoms with Crippen molar-refractivity contribution in [2.24, 2.45) is 0 Å². The lowest BCUT2D eigenvalue weighted by Gasteiger charge is -2.23. The summed E-state index contributed by atoms with van der Waals surface area (Å²) in [6, 6.07) is 4.27. The molecule has 0 unspecified atom stereocenters. The molecule has 0 saturated heterocycles. The summed E-state index contributed by atoms with van der Waals surface area (Å²) >= 11 is 0. The molecule has 6 heteroatoms. The van der Waals surface area contributed by atoms with Crippen LogP contribution in [0.15, 0.2) is 18.2 Å². The maximum Gasteiger partial charge on any atom is 0.270 e. The molecule has 1 aromatic carbocycles. The highest BCUT2D eigenvalue weighted by atomic mass is 16.6. The van der Waals surface area contributed by atoms with Crippen LogP contribution in [0.1, 0.15) is 49.4 Å². The molecule has 0 bridgehead atoms. The maximum atomic E-state index is 12.4. The van der Waals surface area contributed by atoms with E-state index in [1.54, 1.807) is 0 Å². The van der Waals surface area contributed by atoms with Crippen LogP contribution in [0.4, 0.5) is 5.69 Å². The predicted molar refractivity (Wildman–Crippen MR) is 78.6 cm³/mol. The van der Waals surface area contributed by atoms with Gasteiger partial charge >= 0.3 is 0 Å². The maximum absolute atomic E-state index is 12.4. The Morgan fingerprint density at radius 3 is 2.71 bits per heavy atom. The Bertz CT molecular complexity index is 524. The summed E-state index contributed by atoms with van der Waals surface area (Å²) in [7, 11) is 0. The zero-order chi connectivity index (χ0) is 15.2. The Balaban J connectivity index is 2.19. The van der Waals surface area contributed by atoms with Crippen LogP contribution in [-0.2, 0) is 0 Å². The number of ether oxygens (including phenoxy) is 1. The van der Waals surface area contributed by atoms with Gasteiger partial charge in [0.15, 0.2) is 0 Å². The lowest BCUT2D eigenvalue weighted by atomic mass is 9.95. The van der Waals surface area contributed by atoms with Gasteiger partial charge in [-0.2, -0.15) is 0 Å². The molecule has 21 heavy (non-hydrogen) atoms. The van der Waals surface area contributed by atoms with Crippen LogP contribution in [0, 0.1) is 10.1 Å². The summed E-state index contributed by atoms with van der Waals surface area (Å²) in [5.41, 5.74) is 0.129. The Morgan fingerprint density at radius 2 is 2.10 bits per heavy atom. The zero-order valence-electron chi connectivity index (χ0n) is 12.1. The van der Waals surface area contributed by atoms with Crippen molar-refractivity contribution in [2.75, 3.05) is 6.61 Å². The van der Waals surface area contributed by atoms with E-state index >= 15 is 0 Å². The quantitative estimate of drug-likeness (QED) is 0.668. The third kappa shape index (κ3) is 3.93. The van der Waals surface area contributed by atoms with Crippen LogP contribution in [0.3, 0.4) is 0 Å². The second-order valence-electron chi connectivity index (χ2n) is 5.18. The molecule has 0 atom stereocenters. The van der Waals surface area contributed by atoms with Crippen molar-refractivity contribution in [1.82, 2.24) is 5.32 Å². The largest absolute Gasteiger partial charge is 0.493 e. The van der Waals surface area contributed by atoms with Crippen molar-refractivity contribution in [1.29, 1.82) is 0 Å². The highest BCUT2D eigenvalue weighted by molar-refractivity contribution is 5.97. The third-order valence-corrected chi connectivity index (χ3v) is 3.66. The standard InChI is InChI=1S/C15H20N2O4/c1-2-21-14-9-8-12(17(19)20)10-13(14)15(18)16-11-6-4-3-5-7-11/h8-11H,2-7H2,1H3,(H,16,18). The number of hydrogen-bond acceptors (Lipinski definition) is 4. The van der Waals surface area contributed by atoms with Crippen molar-refractivity contribution in [3.8, 4) is 5.75 Å². The molecule has 0 spiro atoms. The van der Waals surface area contributed by atoms with E-state index in [-0.39, 0.29) is 23.2 Å². The number of benzene rings is 1. The second-order valence-corrected chi connectivity index (χ2v) is 5.18. The Hall–Kier alpha value is -2.11. The monoisotopic (exact) mass is 292 g/mol. The van der Waals surface area contributed by atoms with Gasteiger partial charge in [-0.05, 0) is 25.8 Å². The number of carbonyl (C=O) groups is 1. The van der Waals surface area contributed by atoms with E-state index < -0.39 is 4.92 Å². The van der Waals surface area contributed by atoms with E-state index in [1.165, 1.54) is 24.6 Å². The number of nitro groups is 1. The lowest BCUT2D eigenvalue weighted by molar-refractivity contribution is -0.384. The number of nitro benzene ring substituents is 1. The summed E-state index contributed by atoms with van der Waals surface area (Å²) in [6.45, 7) is 2.21. The van der Waals surface area contributed by atoms with Crippen LogP contribution in [0.25, 0.3) is 0 Å². The highest BCUT2D eigenvalue weighted by Gasteiger charge is 2.21. The molecule has 1 amide bonds. The number of nitrogens with zero attached hydrogens (tertiary/aromatic N) is 1. The first-order chi connectivity index (χ1) is 10.1. The zero-order valence-corrected chi connectivity index (χ0v) is 12.1. The van der Waals surface area contributed by atoms with Gasteiger partial charge in [-0.25, -0.2) is 0 Å². The minimum absolute atomic E-state index is 0.104. The Morgan fingerprint density at radius 1 is 1.38 bits per heavy atom. The van der Waals surface area contributed by atoms with Crippen LogP contribution in [0.5, 0.6) is 5.75 Å². The van der Waals surface area contributed by atoms with Crippen molar-refractivity contribution in [2.45, 2.75) is 45.1 Å². The second kappa shape index (κ2) is 7.06. The van der Waals surface area contributed by atoms with Crippen LogP contribution in [0.2, 0.25) is 0 Å². The fourth-order valence-electron chi connectivity index (χ4n) is 2.60. The first-order valence-electron chi connectivity index (χ1n) is 7.34. The molecule has 0 radical (unpaired) electrons. The summed E-state index contributed by atoms with van der Waals surface area (Å²) in [5.74, 6) is 0.0884. The number of hydrogen-bond donors (Lipinski definition) is 1. The van der Waals surface area contributed by atoms with Crippen molar-refractivity contribution >= 4 is 11.6 Å². The topological polar surface area (TPSA) is 81.5 Å². The molecule has 6 nitrogen and oxygen atoms in total. The minimum atomic E-state index is -0.507. The van der Waals surface area contributed by atoms with Gasteiger partial charge in [-0.1, -0.05) is 19.3 Å². The van der Waals surface area contributed by atoms with Gasteiger partial charge in [0.05, 0.1) is 17.1 Å². The molecule has 114 valence electrons. The average molecular weight is 292 g/mol. The van der Waals surface area contributed by atoms with E-state index in [1.807, 2.05) is 6.92 Å². The fourth-order valence-corrected chi connectivity index (χ4v) is 2.60. The Labute approximate surface area is 123 Å². The molecule has 0 aromatic heterocycles. The SMILES string of the molecule is CCOc1ccc([N+](=O)[O-])cc1C(=O)NC1CCCCC1. The van der Waals surface area contributed by atoms with Gasteiger partial charge in [0.2, 0.25) is 0 Å². The van der Waals surface area contributed by atoms with Crippen molar-refractivity contribution in [3.63, 3.8) is 0 Å². The summed E-state index contributed by atoms with van der Waals surface area (Å²) in [4.78, 5) is 22.7. The minimum Gasteiger partial charge on any atom is -0.493 e. The van der Waals surface area contributed by atoms with E-state index in [9.17, 15) is 14.9 Å². The lowest BCUT2D eigenvalue weighted by Crippen LogP contribution is -2.36. The number of nitrogens with one attached hydrogen (secondary N) is 1. The molecular weight excluding hydrogens is 272 g/mol. The van der Waals surface area contributed by atoms with E-state index in [0.717, 1.165) is 25.7 Å². The number of rotatable bonds is 5. The molecule has 2 rings (SSSR count). The van der Waals surface area contributed by atoms with Crippen LogP contribution >= 0.6 is 0 Å². The van der Waals surface area contributed by atoms with Crippen molar-refractivity contribution < 1.29 is 14.5 Å². The normalized spacial score (nSPS) is 15.5. The summed E-state index contributed by atoms with van der Waals surface area (Å²) < 4.78 is 5.40. The van der Waals surface area contributed by atoms with Crippen LogP contribution in [-0.4, -0.2) is 23.5 Å². The van der Waals surface area contributed by atoms with Gasteiger partial charge in [0, 0.05) is 18.2 Å². The molecule has 1 fully saturated rings. The van der Waals surface area contributed by atoms with E-state index in [2.05, 4.69) is 5.32 Å². The van der Waals surface area contributed by atoms with Gasteiger partial charge in [0.1, 0.15) is 5.75 Å². The number of amides is 1. The third-order valence-electron chi connectivity index (χ3n) is 3.66. The molecule has 0 heterocycles. The van der Waals surface area contributed by atoms with Gasteiger partial charge in [-0.3, -0.25) is 14.9 Å². The van der Waals surface area contributed by atoms with Gasteiger partial charge in [0.25, 0.3) is 11.6 Å². The first kappa shape index (κ1) is 15.3. The van der Waals surface area contributed by atoms with Gasteiger partial charge < -0.3 is 10.1 Å². The van der Waals surface area contributed by atoms with Crippen LogP contribution < -0.4 is 10.1 Å². The molecule has 1 aromatic rings. The molecule has 1 N–H and O–H groups in total. The summed E-state index contributed by atoms with van der Waals surface area (Å²) in [5, 5.41) is 13.8. The molecule has 1 aliphatic rings. The number of non-ortho nitro benzene ring substituents is 1. The molecule has 0 aliphatic heterocycles. The van der Waals surface area contributed by atoms with Gasteiger partial charge in [-0.15, -0.1) is 0 Å². The van der Waals surface area contributed by atoms with Crippen molar-refractivity contribution in [3.05, 3.63) is 33.9 Å².